The molecule has 100 valence electrons. The third-order valence-electron chi connectivity index (χ3n) is 2.95. The number of anilines is 2. The molecule has 0 saturated heterocycles. The minimum atomic E-state index is -0.474. The molecule has 0 saturated carbocycles. The normalized spacial score (nSPS) is 10.7. The first-order chi connectivity index (χ1) is 9.66. The van der Waals surface area contributed by atoms with Crippen LogP contribution in [0.15, 0.2) is 35.1 Å². The molecule has 0 spiro atoms. The van der Waals surface area contributed by atoms with Crippen LogP contribution in [0.4, 0.5) is 11.5 Å². The molecule has 3 rings (SSSR count). The van der Waals surface area contributed by atoms with Gasteiger partial charge in [-0.1, -0.05) is 6.07 Å². The summed E-state index contributed by atoms with van der Waals surface area (Å²) in [6.07, 6.45) is 1.71. The van der Waals surface area contributed by atoms with Crippen LogP contribution in [-0.4, -0.2) is 21.2 Å². The lowest BCUT2D eigenvalue weighted by Gasteiger charge is -2.08. The van der Waals surface area contributed by atoms with E-state index in [1.165, 1.54) is 0 Å². The van der Waals surface area contributed by atoms with Crippen molar-refractivity contribution in [3.8, 4) is 0 Å². The number of rotatable bonds is 2. The molecule has 0 aliphatic rings. The third kappa shape index (κ3) is 1.95. The van der Waals surface area contributed by atoms with E-state index < -0.39 is 5.91 Å². The molecule has 1 aromatic carbocycles. The van der Waals surface area contributed by atoms with Crippen molar-refractivity contribution in [2.24, 2.45) is 0 Å². The Hall–Kier alpha value is -2.96. The zero-order chi connectivity index (χ0) is 14.1. The summed E-state index contributed by atoms with van der Waals surface area (Å²) < 4.78 is 4.41. The van der Waals surface area contributed by atoms with Gasteiger partial charge in [0.25, 0.3) is 5.91 Å². The Labute approximate surface area is 113 Å². The van der Waals surface area contributed by atoms with E-state index in [9.17, 15) is 4.79 Å². The molecule has 3 N–H and O–H groups in total. The lowest BCUT2D eigenvalue weighted by molar-refractivity contribution is 0.101. The Bertz CT molecular complexity index is 796. The van der Waals surface area contributed by atoms with Crippen molar-refractivity contribution in [3.63, 3.8) is 0 Å². The maximum absolute atomic E-state index is 12.1. The fourth-order valence-electron chi connectivity index (χ4n) is 1.96. The lowest BCUT2D eigenvalue weighted by atomic mass is 10.1. The molecule has 7 nitrogen and oxygen atoms in total. The molecule has 2 aromatic heterocycles. The van der Waals surface area contributed by atoms with Crippen LogP contribution in [-0.2, 0) is 0 Å². The third-order valence-corrected chi connectivity index (χ3v) is 2.95. The number of hydrogen-bond acceptors (Lipinski definition) is 6. The van der Waals surface area contributed by atoms with E-state index in [0.717, 1.165) is 16.5 Å². The summed E-state index contributed by atoms with van der Waals surface area (Å²) in [4.78, 5) is 16.4. The highest BCUT2D eigenvalue weighted by Crippen LogP contribution is 2.25. The van der Waals surface area contributed by atoms with Crippen LogP contribution in [0.1, 0.15) is 16.1 Å². The smallest absolute Gasteiger partial charge is 0.281 e. The Morgan fingerprint density at radius 3 is 2.90 bits per heavy atom. The fraction of sp³-hybridized carbons (Fsp3) is 0.0769. The number of nitrogen functional groups attached to an aromatic ring is 1. The highest BCUT2D eigenvalue weighted by atomic mass is 16.6. The number of nitrogens with two attached hydrogens (primary N) is 1. The van der Waals surface area contributed by atoms with Crippen LogP contribution in [0.5, 0.6) is 0 Å². The quantitative estimate of drug-likeness (QED) is 0.734. The number of carbonyl (C=O) groups is 1. The van der Waals surface area contributed by atoms with E-state index >= 15 is 0 Å². The average molecular weight is 269 g/mol. The Balaban J connectivity index is 2.02. The molecule has 0 atom stereocenters. The van der Waals surface area contributed by atoms with Crippen LogP contribution >= 0.6 is 0 Å². The van der Waals surface area contributed by atoms with Crippen LogP contribution < -0.4 is 11.1 Å². The number of aryl methyl sites for hydroxylation is 1. The summed E-state index contributed by atoms with van der Waals surface area (Å²) in [5.41, 5.74) is 7.94. The predicted molar refractivity (Wildman–Crippen MR) is 73.1 cm³/mol. The highest BCUT2D eigenvalue weighted by Gasteiger charge is 2.17. The molecule has 3 aromatic rings. The largest absolute Gasteiger partial charge is 0.379 e. The summed E-state index contributed by atoms with van der Waals surface area (Å²) in [5, 5.41) is 10.4. The van der Waals surface area contributed by atoms with E-state index in [2.05, 4.69) is 25.2 Å². The Morgan fingerprint density at radius 2 is 2.15 bits per heavy atom. The minimum absolute atomic E-state index is 0.0392. The van der Waals surface area contributed by atoms with Crippen molar-refractivity contribution in [3.05, 3.63) is 41.7 Å². The molecule has 20 heavy (non-hydrogen) atoms. The number of benzene rings is 1. The zero-order valence-corrected chi connectivity index (χ0v) is 10.6. The van der Waals surface area contributed by atoms with Gasteiger partial charge >= 0.3 is 0 Å². The molecular formula is C13H11N5O2. The van der Waals surface area contributed by atoms with Crippen LogP contribution in [0.3, 0.4) is 0 Å². The van der Waals surface area contributed by atoms with Gasteiger partial charge in [-0.05, 0) is 41.0 Å². The molecular weight excluding hydrogens is 258 g/mol. The molecule has 0 aliphatic carbocycles. The number of hydrogen-bond donors (Lipinski definition) is 2. The van der Waals surface area contributed by atoms with Crippen LogP contribution in [0.25, 0.3) is 10.9 Å². The number of carbonyl (C=O) groups excluding carboxylic acids is 1. The van der Waals surface area contributed by atoms with Gasteiger partial charge in [0.05, 0.1) is 11.2 Å². The molecule has 0 bridgehead atoms. The summed E-state index contributed by atoms with van der Waals surface area (Å²) in [7, 11) is 0. The second-order valence-corrected chi connectivity index (χ2v) is 4.28. The summed E-state index contributed by atoms with van der Waals surface area (Å²) in [6, 6.07) is 7.38. The Kier molecular flexibility index (Phi) is 2.79. The van der Waals surface area contributed by atoms with Crippen molar-refractivity contribution in [1.29, 1.82) is 0 Å². The molecule has 0 unspecified atom stereocenters. The Morgan fingerprint density at radius 1 is 1.30 bits per heavy atom. The number of fused-ring (bicyclic) bond motifs is 1. The number of pyridine rings is 1. The van der Waals surface area contributed by atoms with Crippen molar-refractivity contribution in [2.45, 2.75) is 6.92 Å². The molecule has 7 heteroatoms. The van der Waals surface area contributed by atoms with Gasteiger partial charge in [0.1, 0.15) is 0 Å². The first-order valence-electron chi connectivity index (χ1n) is 5.90. The van der Waals surface area contributed by atoms with Crippen molar-refractivity contribution >= 4 is 28.3 Å². The van der Waals surface area contributed by atoms with E-state index in [0.29, 0.717) is 5.69 Å². The molecule has 1 amide bonds. The molecule has 0 fully saturated rings. The monoisotopic (exact) mass is 269 g/mol. The standard InChI is InChI=1S/C13H11N5O2/c1-7-4-5-9(8-3-2-6-15-10(7)8)16-13(19)11-12(14)18-20-17-11/h2-6H,1H3,(H2,14,18)(H,16,19). The van der Waals surface area contributed by atoms with E-state index in [-0.39, 0.29) is 11.5 Å². The maximum atomic E-state index is 12.1. The second kappa shape index (κ2) is 4.61. The van der Waals surface area contributed by atoms with Gasteiger partial charge in [-0.15, -0.1) is 0 Å². The first-order valence-corrected chi connectivity index (χ1v) is 5.90. The van der Waals surface area contributed by atoms with Gasteiger partial charge in [0.2, 0.25) is 11.5 Å². The van der Waals surface area contributed by atoms with Crippen molar-refractivity contribution in [1.82, 2.24) is 15.3 Å². The van der Waals surface area contributed by atoms with E-state index in [1.807, 2.05) is 25.1 Å². The summed E-state index contributed by atoms with van der Waals surface area (Å²) in [6.45, 7) is 1.96. The van der Waals surface area contributed by atoms with Crippen molar-refractivity contribution < 1.29 is 9.42 Å². The second-order valence-electron chi connectivity index (χ2n) is 4.28. The van der Waals surface area contributed by atoms with Gasteiger partial charge in [-0.25, -0.2) is 4.63 Å². The summed E-state index contributed by atoms with van der Waals surface area (Å²) in [5.74, 6) is -0.519. The van der Waals surface area contributed by atoms with Gasteiger partial charge in [-0.2, -0.15) is 0 Å². The molecule has 2 heterocycles. The van der Waals surface area contributed by atoms with E-state index in [1.54, 1.807) is 12.3 Å². The van der Waals surface area contributed by atoms with Crippen LogP contribution in [0.2, 0.25) is 0 Å². The van der Waals surface area contributed by atoms with Gasteiger partial charge in [0, 0.05) is 11.6 Å². The lowest BCUT2D eigenvalue weighted by Crippen LogP contribution is -2.14. The van der Waals surface area contributed by atoms with Crippen molar-refractivity contribution in [2.75, 3.05) is 11.1 Å². The maximum Gasteiger partial charge on any atom is 0.281 e. The fourth-order valence-corrected chi connectivity index (χ4v) is 1.96. The summed E-state index contributed by atoms with van der Waals surface area (Å²) >= 11 is 0. The van der Waals surface area contributed by atoms with Gasteiger partial charge in [0.15, 0.2) is 0 Å². The zero-order valence-electron chi connectivity index (χ0n) is 10.6. The van der Waals surface area contributed by atoms with Gasteiger partial charge in [-0.3, -0.25) is 9.78 Å². The number of nitrogens with one attached hydrogen (secondary N) is 1. The van der Waals surface area contributed by atoms with E-state index in [4.69, 9.17) is 5.73 Å². The highest BCUT2D eigenvalue weighted by molar-refractivity contribution is 6.09. The SMILES string of the molecule is Cc1ccc(NC(=O)c2nonc2N)c2cccnc12. The predicted octanol–water partition coefficient (Wildman–Crippen LogP) is 1.76. The van der Waals surface area contributed by atoms with Gasteiger partial charge < -0.3 is 11.1 Å². The number of amides is 1. The molecule has 0 aliphatic heterocycles. The van der Waals surface area contributed by atoms with Crippen LogP contribution in [0, 0.1) is 6.92 Å². The topological polar surface area (TPSA) is 107 Å². The number of nitrogens with zero attached hydrogens (tertiary/aromatic N) is 3. The number of aromatic nitrogens is 3. The molecule has 0 radical (unpaired) electrons. The minimum Gasteiger partial charge on any atom is -0.379 e. The first kappa shape index (κ1) is 12.1. The average Bonchev–Trinajstić information content (AvgIpc) is 2.88.